The van der Waals surface area contributed by atoms with Crippen molar-refractivity contribution in [3.63, 3.8) is 0 Å². The minimum Gasteiger partial charge on any atom is -0.384 e. The van der Waals surface area contributed by atoms with E-state index >= 15 is 0 Å². The van der Waals surface area contributed by atoms with Crippen LogP contribution in [0.25, 0.3) is 0 Å². The number of hydrogen-bond acceptors (Lipinski definition) is 4. The molecule has 0 saturated heterocycles. The Labute approximate surface area is 111 Å². The topological polar surface area (TPSA) is 96.7 Å². The molecule has 0 aliphatic rings. The first-order chi connectivity index (χ1) is 9.10. The molecule has 2 rings (SSSR count). The van der Waals surface area contributed by atoms with E-state index in [1.807, 2.05) is 13.8 Å². The van der Waals surface area contributed by atoms with Crippen molar-refractivity contribution in [3.05, 3.63) is 40.8 Å². The summed E-state index contributed by atoms with van der Waals surface area (Å²) >= 11 is 0. The van der Waals surface area contributed by atoms with Crippen LogP contribution in [-0.4, -0.2) is 21.1 Å². The van der Waals surface area contributed by atoms with Crippen LogP contribution in [0.15, 0.2) is 18.3 Å². The molecule has 0 spiro atoms. The van der Waals surface area contributed by atoms with Gasteiger partial charge in [-0.1, -0.05) is 6.92 Å². The van der Waals surface area contributed by atoms with E-state index in [-0.39, 0.29) is 5.91 Å². The van der Waals surface area contributed by atoms with Gasteiger partial charge in [-0.05, 0) is 25.5 Å². The van der Waals surface area contributed by atoms with Gasteiger partial charge in [0.05, 0.1) is 6.20 Å². The Morgan fingerprint density at radius 3 is 2.89 bits per heavy atom. The van der Waals surface area contributed by atoms with Crippen molar-refractivity contribution in [1.29, 1.82) is 0 Å². The lowest BCUT2D eigenvalue weighted by molar-refractivity contribution is 0.0950. The van der Waals surface area contributed by atoms with E-state index in [1.165, 1.54) is 0 Å². The van der Waals surface area contributed by atoms with Crippen LogP contribution in [0.1, 0.15) is 34.2 Å². The number of rotatable bonds is 4. The zero-order valence-corrected chi connectivity index (χ0v) is 11.0. The molecule has 0 aromatic carbocycles. The molecule has 0 atom stereocenters. The molecular weight excluding hydrogens is 242 g/mol. The molecule has 0 bridgehead atoms. The second-order valence-corrected chi connectivity index (χ2v) is 4.33. The highest BCUT2D eigenvalue weighted by Gasteiger charge is 2.09. The summed E-state index contributed by atoms with van der Waals surface area (Å²) in [5.74, 6) is 0.202. The van der Waals surface area contributed by atoms with Crippen molar-refractivity contribution in [1.82, 2.24) is 20.5 Å². The minimum absolute atomic E-state index is 0.163. The first-order valence-corrected chi connectivity index (χ1v) is 6.13. The van der Waals surface area contributed by atoms with Crippen molar-refractivity contribution in [2.45, 2.75) is 26.8 Å². The Balaban J connectivity index is 2.08. The molecule has 0 unspecified atom stereocenters. The molecule has 6 heteroatoms. The number of amides is 1. The first kappa shape index (κ1) is 13.1. The van der Waals surface area contributed by atoms with Gasteiger partial charge in [-0.2, -0.15) is 5.10 Å². The molecule has 2 aromatic heterocycles. The summed E-state index contributed by atoms with van der Waals surface area (Å²) in [6, 6.07) is 3.34. The number of carbonyl (C=O) groups is 1. The molecule has 6 nitrogen and oxygen atoms in total. The average molecular weight is 259 g/mol. The Morgan fingerprint density at radius 1 is 1.47 bits per heavy atom. The molecule has 0 aliphatic heterocycles. The van der Waals surface area contributed by atoms with E-state index in [0.717, 1.165) is 23.4 Å². The number of anilines is 1. The van der Waals surface area contributed by atoms with Gasteiger partial charge in [0.1, 0.15) is 5.82 Å². The van der Waals surface area contributed by atoms with Gasteiger partial charge in [0, 0.05) is 29.1 Å². The molecule has 100 valence electrons. The third kappa shape index (κ3) is 3.09. The smallest absolute Gasteiger partial charge is 0.251 e. The number of aryl methyl sites for hydroxylation is 2. The van der Waals surface area contributed by atoms with Gasteiger partial charge >= 0.3 is 0 Å². The SMILES string of the molecule is CCc1cc(C(=O)NCc2cn[nH]c2C)cc(N)n1. The van der Waals surface area contributed by atoms with E-state index < -0.39 is 0 Å². The third-order valence-corrected chi connectivity index (χ3v) is 2.90. The van der Waals surface area contributed by atoms with Crippen LogP contribution in [0, 0.1) is 6.92 Å². The van der Waals surface area contributed by atoms with E-state index in [9.17, 15) is 4.79 Å². The summed E-state index contributed by atoms with van der Waals surface area (Å²) in [6.45, 7) is 4.32. The Bertz CT molecular complexity index is 590. The molecule has 2 heterocycles. The van der Waals surface area contributed by atoms with Crippen LogP contribution < -0.4 is 11.1 Å². The Kier molecular flexibility index (Phi) is 3.79. The van der Waals surface area contributed by atoms with Gasteiger partial charge in [0.25, 0.3) is 5.91 Å². The molecule has 19 heavy (non-hydrogen) atoms. The predicted octanol–water partition coefficient (Wildman–Crippen LogP) is 1.19. The number of aromatic nitrogens is 3. The number of H-pyrrole nitrogens is 1. The summed E-state index contributed by atoms with van der Waals surface area (Å²) in [4.78, 5) is 16.2. The maximum Gasteiger partial charge on any atom is 0.251 e. The summed E-state index contributed by atoms with van der Waals surface area (Å²) in [6.07, 6.45) is 2.44. The quantitative estimate of drug-likeness (QED) is 0.768. The van der Waals surface area contributed by atoms with Crippen molar-refractivity contribution < 1.29 is 4.79 Å². The van der Waals surface area contributed by atoms with E-state index in [1.54, 1.807) is 18.3 Å². The number of pyridine rings is 1. The highest BCUT2D eigenvalue weighted by Crippen LogP contribution is 2.09. The molecule has 4 N–H and O–H groups in total. The summed E-state index contributed by atoms with van der Waals surface area (Å²) < 4.78 is 0. The molecular formula is C13H17N5O. The Hall–Kier alpha value is -2.37. The largest absolute Gasteiger partial charge is 0.384 e. The zero-order chi connectivity index (χ0) is 13.8. The molecule has 0 saturated carbocycles. The molecule has 0 fully saturated rings. The van der Waals surface area contributed by atoms with E-state index in [0.29, 0.717) is 17.9 Å². The van der Waals surface area contributed by atoms with E-state index in [2.05, 4.69) is 20.5 Å². The van der Waals surface area contributed by atoms with Gasteiger partial charge in [-0.3, -0.25) is 9.89 Å². The van der Waals surface area contributed by atoms with Gasteiger partial charge < -0.3 is 11.1 Å². The first-order valence-electron chi connectivity index (χ1n) is 6.13. The van der Waals surface area contributed by atoms with Crippen molar-refractivity contribution in [2.75, 3.05) is 5.73 Å². The van der Waals surface area contributed by atoms with E-state index in [4.69, 9.17) is 5.73 Å². The zero-order valence-electron chi connectivity index (χ0n) is 11.0. The normalized spacial score (nSPS) is 10.4. The number of carbonyl (C=O) groups excluding carboxylic acids is 1. The number of hydrogen-bond donors (Lipinski definition) is 3. The molecule has 1 amide bonds. The number of nitrogens with two attached hydrogens (primary N) is 1. The number of nitrogen functional groups attached to an aromatic ring is 1. The standard InChI is InChI=1S/C13H17N5O/c1-3-11-4-9(5-12(14)17-11)13(19)15-6-10-7-16-18-8(10)2/h4-5,7H,3,6H2,1-2H3,(H2,14,17)(H,15,19)(H,16,18). The van der Waals surface area contributed by atoms with Crippen molar-refractivity contribution in [2.24, 2.45) is 0 Å². The number of nitrogens with zero attached hydrogens (tertiary/aromatic N) is 2. The van der Waals surface area contributed by atoms with Crippen LogP contribution >= 0.6 is 0 Å². The second kappa shape index (κ2) is 5.51. The molecule has 2 aromatic rings. The van der Waals surface area contributed by atoms with Gasteiger partial charge in [0.15, 0.2) is 0 Å². The summed E-state index contributed by atoms with van der Waals surface area (Å²) in [5.41, 5.74) is 8.94. The highest BCUT2D eigenvalue weighted by atomic mass is 16.1. The third-order valence-electron chi connectivity index (χ3n) is 2.90. The summed E-state index contributed by atoms with van der Waals surface area (Å²) in [7, 11) is 0. The lowest BCUT2D eigenvalue weighted by Gasteiger charge is -2.07. The van der Waals surface area contributed by atoms with Crippen molar-refractivity contribution in [3.8, 4) is 0 Å². The van der Waals surface area contributed by atoms with Crippen LogP contribution in [0.4, 0.5) is 5.82 Å². The maximum atomic E-state index is 12.0. The monoisotopic (exact) mass is 259 g/mol. The predicted molar refractivity (Wildman–Crippen MR) is 72.5 cm³/mol. The van der Waals surface area contributed by atoms with Crippen LogP contribution in [0.5, 0.6) is 0 Å². The molecule has 0 radical (unpaired) electrons. The van der Waals surface area contributed by atoms with Crippen LogP contribution in [-0.2, 0) is 13.0 Å². The highest BCUT2D eigenvalue weighted by molar-refractivity contribution is 5.94. The summed E-state index contributed by atoms with van der Waals surface area (Å²) in [5, 5.41) is 9.57. The number of aromatic amines is 1. The fourth-order valence-corrected chi connectivity index (χ4v) is 1.75. The minimum atomic E-state index is -0.163. The fraction of sp³-hybridized carbons (Fsp3) is 0.308. The molecule has 0 aliphatic carbocycles. The Morgan fingerprint density at radius 2 is 2.26 bits per heavy atom. The average Bonchev–Trinajstić information content (AvgIpc) is 2.80. The van der Waals surface area contributed by atoms with Gasteiger partial charge in [0.2, 0.25) is 0 Å². The van der Waals surface area contributed by atoms with Crippen molar-refractivity contribution >= 4 is 11.7 Å². The lowest BCUT2D eigenvalue weighted by Crippen LogP contribution is -2.23. The van der Waals surface area contributed by atoms with Gasteiger partial charge in [-0.25, -0.2) is 4.98 Å². The lowest BCUT2D eigenvalue weighted by atomic mass is 10.1. The fourth-order valence-electron chi connectivity index (χ4n) is 1.75. The van der Waals surface area contributed by atoms with Gasteiger partial charge in [-0.15, -0.1) is 0 Å². The van der Waals surface area contributed by atoms with Crippen LogP contribution in [0.2, 0.25) is 0 Å². The maximum absolute atomic E-state index is 12.0. The van der Waals surface area contributed by atoms with Crippen LogP contribution in [0.3, 0.4) is 0 Å². The second-order valence-electron chi connectivity index (χ2n) is 4.33. The number of nitrogens with one attached hydrogen (secondary N) is 2.